The molecule has 152 valence electrons. The van der Waals surface area contributed by atoms with Crippen molar-refractivity contribution in [3.05, 3.63) is 42.0 Å². The van der Waals surface area contributed by atoms with E-state index < -0.39 is 5.97 Å². The van der Waals surface area contributed by atoms with Gasteiger partial charge in [0.15, 0.2) is 11.8 Å². The highest BCUT2D eigenvalue weighted by molar-refractivity contribution is 6.36. The minimum absolute atomic E-state index is 0. The van der Waals surface area contributed by atoms with Gasteiger partial charge >= 0.3 is 5.97 Å². The second kappa shape index (κ2) is 10.3. The van der Waals surface area contributed by atoms with Crippen molar-refractivity contribution in [3.8, 4) is 5.75 Å². The summed E-state index contributed by atoms with van der Waals surface area (Å²) < 4.78 is 10.9. The van der Waals surface area contributed by atoms with Crippen LogP contribution in [-0.2, 0) is 20.8 Å². The van der Waals surface area contributed by atoms with E-state index in [2.05, 4.69) is 5.16 Å². The zero-order chi connectivity index (χ0) is 19.2. The fourth-order valence-corrected chi connectivity index (χ4v) is 3.02. The molecule has 0 spiro atoms. The summed E-state index contributed by atoms with van der Waals surface area (Å²) in [6.45, 7) is 2.18. The average Bonchev–Trinajstić information content (AvgIpc) is 3.16. The number of esters is 1. The van der Waals surface area contributed by atoms with Crippen LogP contribution in [0.25, 0.3) is 10.8 Å². The Kier molecular flexibility index (Phi) is 8.04. The number of nitrogens with two attached hydrogens (primary N) is 1. The molecule has 0 amide bonds. The van der Waals surface area contributed by atoms with E-state index in [-0.39, 0.29) is 43.5 Å². The lowest BCUT2D eigenvalue weighted by Gasteiger charge is -2.18. The molecule has 0 saturated carbocycles. The number of oxime groups is 1. The molecule has 0 saturated heterocycles. The molecule has 1 aliphatic heterocycles. The molecule has 1 aliphatic rings. The average molecular weight is 409 g/mol. The number of rotatable bonds is 8. The van der Waals surface area contributed by atoms with Gasteiger partial charge in [0.05, 0.1) is 13.2 Å². The normalized spacial score (nSPS) is 16.7. The summed E-state index contributed by atoms with van der Waals surface area (Å²) in [7, 11) is 0. The Bertz CT molecular complexity index is 842. The van der Waals surface area contributed by atoms with Crippen LogP contribution in [-0.4, -0.2) is 48.8 Å². The number of carbonyl (C=O) groups excluding carboxylic acids is 1. The third-order valence-corrected chi connectivity index (χ3v) is 4.37. The molecule has 0 aromatic heterocycles. The fraction of sp³-hybridized carbons (Fsp3) is 0.400. The number of benzene rings is 2. The smallest absolute Gasteiger partial charge is 0.356 e. The molecule has 2 aromatic carbocycles. The number of nitrogens with zero attached hydrogens (tertiary/aromatic N) is 1. The van der Waals surface area contributed by atoms with Gasteiger partial charge in [-0.25, -0.2) is 4.79 Å². The van der Waals surface area contributed by atoms with Crippen LogP contribution in [0.3, 0.4) is 0 Å². The number of ether oxygens (including phenoxy) is 2. The van der Waals surface area contributed by atoms with E-state index in [1.165, 1.54) is 0 Å². The van der Waals surface area contributed by atoms with Crippen LogP contribution in [0, 0.1) is 0 Å². The van der Waals surface area contributed by atoms with Gasteiger partial charge in [0.25, 0.3) is 0 Å². The molecular formula is C20H25ClN2O5. The van der Waals surface area contributed by atoms with Crippen molar-refractivity contribution < 1.29 is 24.2 Å². The Morgan fingerprint density at radius 2 is 2.14 bits per heavy atom. The van der Waals surface area contributed by atoms with Gasteiger partial charge in [-0.1, -0.05) is 35.5 Å². The van der Waals surface area contributed by atoms with Crippen molar-refractivity contribution in [2.24, 2.45) is 10.9 Å². The largest absolute Gasteiger partial charge is 0.489 e. The number of aliphatic hydroxyl groups excluding tert-OH is 1. The molecule has 1 heterocycles. The highest BCUT2D eigenvalue weighted by atomic mass is 35.5. The number of carbonyl (C=O) groups is 1. The summed E-state index contributed by atoms with van der Waals surface area (Å²) in [5, 5.41) is 15.2. The molecule has 2 atom stereocenters. The Morgan fingerprint density at radius 3 is 2.89 bits per heavy atom. The van der Waals surface area contributed by atoms with Gasteiger partial charge in [-0.05, 0) is 30.2 Å². The highest BCUT2D eigenvalue weighted by Crippen LogP contribution is 2.29. The number of aliphatic hydroxyl groups is 1. The zero-order valence-corrected chi connectivity index (χ0v) is 16.5. The van der Waals surface area contributed by atoms with Crippen LogP contribution >= 0.6 is 12.4 Å². The third-order valence-electron chi connectivity index (χ3n) is 4.37. The maximum atomic E-state index is 11.7. The summed E-state index contributed by atoms with van der Waals surface area (Å²) >= 11 is 0. The van der Waals surface area contributed by atoms with Crippen LogP contribution in [0.15, 0.2) is 41.6 Å². The fourth-order valence-electron chi connectivity index (χ4n) is 3.02. The van der Waals surface area contributed by atoms with Crippen molar-refractivity contribution in [2.75, 3.05) is 19.8 Å². The molecular weight excluding hydrogens is 384 g/mol. The van der Waals surface area contributed by atoms with E-state index in [1.807, 2.05) is 36.4 Å². The molecule has 0 fully saturated rings. The van der Waals surface area contributed by atoms with Crippen molar-refractivity contribution in [3.63, 3.8) is 0 Å². The van der Waals surface area contributed by atoms with Gasteiger partial charge in [0.1, 0.15) is 12.4 Å². The Balaban J connectivity index is 0.00000280. The third kappa shape index (κ3) is 5.13. The molecule has 3 N–H and O–H groups in total. The summed E-state index contributed by atoms with van der Waals surface area (Å²) in [5.74, 6) is 0.228. The van der Waals surface area contributed by atoms with Gasteiger partial charge in [-0.15, -0.1) is 12.4 Å². The number of halogens is 1. The summed E-state index contributed by atoms with van der Waals surface area (Å²) in [5.41, 5.74) is 7.18. The lowest BCUT2D eigenvalue weighted by molar-refractivity contribution is -0.135. The Labute approximate surface area is 169 Å². The van der Waals surface area contributed by atoms with Gasteiger partial charge in [-0.2, -0.15) is 0 Å². The molecule has 0 radical (unpaired) electrons. The van der Waals surface area contributed by atoms with Crippen LogP contribution in [0.4, 0.5) is 0 Å². The van der Waals surface area contributed by atoms with Crippen molar-refractivity contribution in [1.82, 2.24) is 0 Å². The number of fused-ring (bicyclic) bond motifs is 1. The standard InChI is InChI=1S/C20H24N2O5.ClH/c1-2-25-20(24)18-10-15(27-22-18)12-26-19-8-7-13-5-3-4-6-16(13)17(19)9-14(21)11-23;/h3-8,14-15,23H,2,9-12,21H2,1H3;1H. The van der Waals surface area contributed by atoms with E-state index in [9.17, 15) is 9.90 Å². The summed E-state index contributed by atoms with van der Waals surface area (Å²) in [6.07, 6.45) is 0.483. The van der Waals surface area contributed by atoms with Gasteiger partial charge in [-0.3, -0.25) is 0 Å². The lowest BCUT2D eigenvalue weighted by atomic mass is 9.98. The topological polar surface area (TPSA) is 103 Å². The summed E-state index contributed by atoms with van der Waals surface area (Å²) in [4.78, 5) is 17.0. The summed E-state index contributed by atoms with van der Waals surface area (Å²) in [6, 6.07) is 11.5. The van der Waals surface area contributed by atoms with Gasteiger partial charge in [0.2, 0.25) is 0 Å². The molecule has 2 aromatic rings. The monoisotopic (exact) mass is 408 g/mol. The van der Waals surface area contributed by atoms with Crippen LogP contribution in [0.5, 0.6) is 5.75 Å². The van der Waals surface area contributed by atoms with E-state index in [4.69, 9.17) is 20.0 Å². The first-order chi connectivity index (χ1) is 13.1. The molecule has 28 heavy (non-hydrogen) atoms. The van der Waals surface area contributed by atoms with Crippen molar-refractivity contribution >= 4 is 34.9 Å². The predicted molar refractivity (Wildman–Crippen MR) is 109 cm³/mol. The van der Waals surface area contributed by atoms with E-state index in [0.717, 1.165) is 16.3 Å². The Hall–Kier alpha value is -2.35. The first-order valence-corrected chi connectivity index (χ1v) is 9.02. The zero-order valence-electron chi connectivity index (χ0n) is 15.7. The van der Waals surface area contributed by atoms with Crippen LogP contribution in [0.2, 0.25) is 0 Å². The van der Waals surface area contributed by atoms with Gasteiger partial charge in [0, 0.05) is 18.0 Å². The van der Waals surface area contributed by atoms with Crippen LogP contribution in [0.1, 0.15) is 18.9 Å². The first kappa shape index (κ1) is 21.9. The van der Waals surface area contributed by atoms with E-state index in [1.54, 1.807) is 6.92 Å². The number of hydrogen-bond acceptors (Lipinski definition) is 7. The van der Waals surface area contributed by atoms with Crippen molar-refractivity contribution in [2.45, 2.75) is 31.9 Å². The molecule has 8 heteroatoms. The molecule has 0 bridgehead atoms. The maximum absolute atomic E-state index is 11.7. The predicted octanol–water partition coefficient (Wildman–Crippen LogP) is 2.21. The molecule has 7 nitrogen and oxygen atoms in total. The minimum Gasteiger partial charge on any atom is -0.489 e. The minimum atomic E-state index is -0.458. The molecule has 0 aliphatic carbocycles. The van der Waals surface area contributed by atoms with Crippen LogP contribution < -0.4 is 10.5 Å². The van der Waals surface area contributed by atoms with E-state index >= 15 is 0 Å². The van der Waals surface area contributed by atoms with E-state index in [0.29, 0.717) is 25.2 Å². The number of hydrogen-bond donors (Lipinski definition) is 2. The highest BCUT2D eigenvalue weighted by Gasteiger charge is 2.28. The quantitative estimate of drug-likeness (QED) is 0.649. The molecule has 2 unspecified atom stereocenters. The first-order valence-electron chi connectivity index (χ1n) is 9.02. The SMILES string of the molecule is CCOC(=O)C1=NOC(COc2ccc3ccccc3c2CC(N)CO)C1.Cl. The second-order valence-electron chi connectivity index (χ2n) is 6.41. The van der Waals surface area contributed by atoms with Gasteiger partial charge < -0.3 is 25.2 Å². The molecule has 3 rings (SSSR count). The maximum Gasteiger partial charge on any atom is 0.356 e. The second-order valence-corrected chi connectivity index (χ2v) is 6.41. The Morgan fingerprint density at radius 1 is 1.36 bits per heavy atom. The van der Waals surface area contributed by atoms with Crippen molar-refractivity contribution in [1.29, 1.82) is 0 Å². The lowest BCUT2D eigenvalue weighted by Crippen LogP contribution is -2.27.